The topological polar surface area (TPSA) is 102 Å². The van der Waals surface area contributed by atoms with Gasteiger partial charge in [-0.15, -0.1) is 0 Å². The minimum atomic E-state index is -0.467. The van der Waals surface area contributed by atoms with Gasteiger partial charge in [-0.3, -0.25) is 14.2 Å². The molecule has 2 aromatic carbocycles. The second-order valence-corrected chi connectivity index (χ2v) is 8.35. The third-order valence-corrected chi connectivity index (χ3v) is 6.01. The molecule has 1 heterocycles. The highest BCUT2D eigenvalue weighted by atomic mass is 16.5. The van der Waals surface area contributed by atoms with Crippen molar-refractivity contribution in [2.24, 2.45) is 0 Å². The lowest BCUT2D eigenvalue weighted by Gasteiger charge is -2.18. The van der Waals surface area contributed by atoms with Crippen molar-refractivity contribution >= 4 is 34.1 Å². The molecular weight excluding hydrogens is 420 g/mol. The SMILES string of the molecule is COCCn1c(C2CCCC2)nc2ccc(NC(=O)Nc3cccc(C(C)=O)c3)cc2c1=O. The van der Waals surface area contributed by atoms with Crippen molar-refractivity contribution in [3.05, 3.63) is 64.2 Å². The normalized spacial score (nSPS) is 13.9. The van der Waals surface area contributed by atoms with Gasteiger partial charge in [0.25, 0.3) is 5.56 Å². The van der Waals surface area contributed by atoms with Crippen LogP contribution < -0.4 is 16.2 Å². The first-order valence-corrected chi connectivity index (χ1v) is 11.2. The summed E-state index contributed by atoms with van der Waals surface area (Å²) in [6, 6.07) is 11.4. The first-order valence-electron chi connectivity index (χ1n) is 11.2. The number of ketones is 1. The maximum Gasteiger partial charge on any atom is 0.323 e. The molecule has 0 spiro atoms. The molecule has 2 amide bonds. The summed E-state index contributed by atoms with van der Waals surface area (Å²) in [6.07, 6.45) is 4.37. The van der Waals surface area contributed by atoms with Gasteiger partial charge >= 0.3 is 6.03 Å². The lowest BCUT2D eigenvalue weighted by molar-refractivity contribution is 0.101. The van der Waals surface area contributed by atoms with Crippen LogP contribution in [0, 0.1) is 0 Å². The van der Waals surface area contributed by atoms with E-state index in [1.54, 1.807) is 54.1 Å². The van der Waals surface area contributed by atoms with Crippen LogP contribution in [0.4, 0.5) is 16.2 Å². The van der Waals surface area contributed by atoms with Crippen molar-refractivity contribution in [3.63, 3.8) is 0 Å². The Morgan fingerprint density at radius 3 is 2.52 bits per heavy atom. The Kier molecular flexibility index (Phi) is 6.84. The maximum atomic E-state index is 13.3. The summed E-state index contributed by atoms with van der Waals surface area (Å²) in [4.78, 5) is 42.2. The minimum Gasteiger partial charge on any atom is -0.383 e. The second kappa shape index (κ2) is 9.95. The number of benzene rings is 2. The number of anilines is 2. The summed E-state index contributed by atoms with van der Waals surface area (Å²) in [7, 11) is 1.61. The number of fused-ring (bicyclic) bond motifs is 1. The van der Waals surface area contributed by atoms with E-state index >= 15 is 0 Å². The Hall–Kier alpha value is -3.52. The van der Waals surface area contributed by atoms with Crippen LogP contribution in [0.5, 0.6) is 0 Å². The standard InChI is InChI=1S/C25H28N4O4/c1-16(30)18-8-5-9-19(14-18)26-25(32)27-20-10-11-22-21(15-20)24(31)29(12-13-33-2)23(28-22)17-6-3-4-7-17/h5,8-11,14-15,17H,3-4,6-7,12-13H2,1-2H3,(H2,26,27,32). The Morgan fingerprint density at radius 1 is 1.09 bits per heavy atom. The number of urea groups is 1. The zero-order chi connectivity index (χ0) is 23.4. The zero-order valence-electron chi connectivity index (χ0n) is 18.9. The van der Waals surface area contributed by atoms with Gasteiger partial charge in [0, 0.05) is 30.0 Å². The van der Waals surface area contributed by atoms with Gasteiger partial charge in [-0.05, 0) is 50.1 Å². The van der Waals surface area contributed by atoms with Crippen molar-refractivity contribution in [2.75, 3.05) is 24.4 Å². The van der Waals surface area contributed by atoms with Crippen LogP contribution in [0.2, 0.25) is 0 Å². The fraction of sp³-hybridized carbons (Fsp3) is 0.360. The number of Topliss-reactive ketones (excluding diaryl/α,β-unsaturated/α-hetero) is 1. The van der Waals surface area contributed by atoms with Crippen LogP contribution in [-0.4, -0.2) is 35.1 Å². The van der Waals surface area contributed by atoms with E-state index in [0.29, 0.717) is 41.0 Å². The Balaban J connectivity index is 1.60. The lowest BCUT2D eigenvalue weighted by atomic mass is 10.1. The largest absolute Gasteiger partial charge is 0.383 e. The van der Waals surface area contributed by atoms with E-state index in [4.69, 9.17) is 9.72 Å². The van der Waals surface area contributed by atoms with Crippen LogP contribution in [-0.2, 0) is 11.3 Å². The van der Waals surface area contributed by atoms with Gasteiger partial charge in [0.1, 0.15) is 5.82 Å². The summed E-state index contributed by atoms with van der Waals surface area (Å²) in [6.45, 7) is 2.33. The van der Waals surface area contributed by atoms with E-state index in [1.165, 1.54) is 6.92 Å². The molecule has 8 heteroatoms. The number of carbonyl (C=O) groups is 2. The summed E-state index contributed by atoms with van der Waals surface area (Å²) < 4.78 is 6.93. The molecular formula is C25H28N4O4. The maximum absolute atomic E-state index is 13.3. The molecule has 0 atom stereocenters. The second-order valence-electron chi connectivity index (χ2n) is 8.35. The van der Waals surface area contributed by atoms with Gasteiger partial charge in [-0.1, -0.05) is 25.0 Å². The van der Waals surface area contributed by atoms with Crippen molar-refractivity contribution in [3.8, 4) is 0 Å². The van der Waals surface area contributed by atoms with Crippen LogP contribution in [0.3, 0.4) is 0 Å². The minimum absolute atomic E-state index is 0.0807. The number of nitrogens with one attached hydrogen (secondary N) is 2. The van der Waals surface area contributed by atoms with Crippen molar-refractivity contribution in [1.29, 1.82) is 0 Å². The summed E-state index contributed by atoms with van der Waals surface area (Å²) in [5.41, 5.74) is 1.99. The molecule has 0 saturated heterocycles. The number of amides is 2. The average Bonchev–Trinajstić information content (AvgIpc) is 3.33. The van der Waals surface area contributed by atoms with E-state index in [9.17, 15) is 14.4 Å². The fourth-order valence-corrected chi connectivity index (χ4v) is 4.32. The number of ether oxygens (including phenoxy) is 1. The Labute approximate surface area is 192 Å². The van der Waals surface area contributed by atoms with Gasteiger partial charge in [-0.2, -0.15) is 0 Å². The molecule has 4 rings (SSSR count). The molecule has 1 aliphatic carbocycles. The molecule has 2 N–H and O–H groups in total. The number of nitrogens with zero attached hydrogens (tertiary/aromatic N) is 2. The third kappa shape index (κ3) is 5.12. The van der Waals surface area contributed by atoms with Gasteiger partial charge in [0.05, 0.1) is 24.1 Å². The Bertz CT molecular complexity index is 1240. The van der Waals surface area contributed by atoms with Gasteiger partial charge in [0.2, 0.25) is 0 Å². The molecule has 3 aromatic rings. The molecule has 1 aromatic heterocycles. The van der Waals surface area contributed by atoms with E-state index in [0.717, 1.165) is 31.5 Å². The number of hydrogen-bond acceptors (Lipinski definition) is 5. The molecule has 0 radical (unpaired) electrons. The predicted octanol–water partition coefficient (Wildman–Crippen LogP) is 4.55. The van der Waals surface area contributed by atoms with E-state index in [1.807, 2.05) is 0 Å². The highest BCUT2D eigenvalue weighted by Gasteiger charge is 2.23. The lowest BCUT2D eigenvalue weighted by Crippen LogP contribution is -2.28. The molecule has 172 valence electrons. The molecule has 0 bridgehead atoms. The highest BCUT2D eigenvalue weighted by Crippen LogP contribution is 2.33. The number of aromatic nitrogens is 2. The quantitative estimate of drug-likeness (QED) is 0.517. The predicted molar refractivity (Wildman–Crippen MR) is 128 cm³/mol. The van der Waals surface area contributed by atoms with E-state index < -0.39 is 6.03 Å². The summed E-state index contributed by atoms with van der Waals surface area (Å²) >= 11 is 0. The van der Waals surface area contributed by atoms with Gasteiger partial charge < -0.3 is 15.4 Å². The number of rotatable bonds is 7. The average molecular weight is 449 g/mol. The van der Waals surface area contributed by atoms with Crippen LogP contribution in [0.25, 0.3) is 10.9 Å². The zero-order valence-corrected chi connectivity index (χ0v) is 18.9. The molecule has 1 saturated carbocycles. The van der Waals surface area contributed by atoms with Gasteiger partial charge in [-0.25, -0.2) is 9.78 Å². The molecule has 8 nitrogen and oxygen atoms in total. The molecule has 33 heavy (non-hydrogen) atoms. The highest BCUT2D eigenvalue weighted by molar-refractivity contribution is 6.02. The molecule has 1 aliphatic rings. The van der Waals surface area contributed by atoms with Crippen LogP contribution in [0.1, 0.15) is 54.7 Å². The third-order valence-electron chi connectivity index (χ3n) is 6.01. The summed E-state index contributed by atoms with van der Waals surface area (Å²) in [5, 5.41) is 5.92. The van der Waals surface area contributed by atoms with E-state index in [2.05, 4.69) is 10.6 Å². The van der Waals surface area contributed by atoms with Crippen molar-refractivity contribution in [1.82, 2.24) is 9.55 Å². The van der Waals surface area contributed by atoms with Gasteiger partial charge in [0.15, 0.2) is 5.78 Å². The molecule has 0 unspecified atom stereocenters. The monoisotopic (exact) mass is 448 g/mol. The first-order chi connectivity index (χ1) is 16.0. The Morgan fingerprint density at radius 2 is 1.82 bits per heavy atom. The van der Waals surface area contributed by atoms with Crippen molar-refractivity contribution in [2.45, 2.75) is 45.1 Å². The molecule has 0 aliphatic heterocycles. The smallest absolute Gasteiger partial charge is 0.323 e. The van der Waals surface area contributed by atoms with Crippen LogP contribution in [0.15, 0.2) is 47.3 Å². The summed E-state index contributed by atoms with van der Waals surface area (Å²) in [5.74, 6) is 1.03. The number of methoxy groups -OCH3 is 1. The number of carbonyl (C=O) groups excluding carboxylic acids is 2. The van der Waals surface area contributed by atoms with Crippen molar-refractivity contribution < 1.29 is 14.3 Å². The number of hydrogen-bond donors (Lipinski definition) is 2. The first kappa shape index (κ1) is 22.7. The van der Waals surface area contributed by atoms with Crippen LogP contribution >= 0.6 is 0 Å². The van der Waals surface area contributed by atoms with E-state index in [-0.39, 0.29) is 17.3 Å². The molecule has 1 fully saturated rings. The fourth-order valence-electron chi connectivity index (χ4n) is 4.32.